The molecule has 2 N–H and O–H groups in total. The first kappa shape index (κ1) is 14.4. The summed E-state index contributed by atoms with van der Waals surface area (Å²) in [6, 6.07) is 4.05. The predicted molar refractivity (Wildman–Crippen MR) is 80.8 cm³/mol. The number of rotatable bonds is 5. The molecule has 2 aromatic rings. The van der Waals surface area contributed by atoms with Crippen LogP contribution in [0.15, 0.2) is 18.3 Å². The van der Waals surface area contributed by atoms with Gasteiger partial charge in [-0.25, -0.2) is 9.97 Å². The molecule has 0 spiro atoms. The number of nitrogen functional groups attached to an aromatic ring is 1. The van der Waals surface area contributed by atoms with Crippen molar-refractivity contribution in [2.75, 3.05) is 12.8 Å². The standard InChI is InChI=1S/C15H22N4O/c1-5-6-12-18-14(15(16)19(12)10(2)3)11-7-8-13(20-4)17-9-11/h7-10H,5-6,16H2,1-4H3. The molecule has 0 saturated heterocycles. The Morgan fingerprint density at radius 1 is 1.35 bits per heavy atom. The molecule has 108 valence electrons. The molecular formula is C15H22N4O. The number of ether oxygens (including phenoxy) is 1. The quantitative estimate of drug-likeness (QED) is 0.910. The van der Waals surface area contributed by atoms with E-state index in [1.165, 1.54) is 0 Å². The molecular weight excluding hydrogens is 252 g/mol. The first-order valence-corrected chi connectivity index (χ1v) is 6.95. The monoisotopic (exact) mass is 274 g/mol. The minimum atomic E-state index is 0.295. The number of hydrogen-bond acceptors (Lipinski definition) is 4. The smallest absolute Gasteiger partial charge is 0.212 e. The highest BCUT2D eigenvalue weighted by atomic mass is 16.5. The van der Waals surface area contributed by atoms with Gasteiger partial charge in [-0.2, -0.15) is 0 Å². The summed E-state index contributed by atoms with van der Waals surface area (Å²) < 4.78 is 7.17. The lowest BCUT2D eigenvalue weighted by Gasteiger charge is -2.13. The Kier molecular flexibility index (Phi) is 4.27. The fourth-order valence-electron chi connectivity index (χ4n) is 2.32. The predicted octanol–water partition coefficient (Wildman–Crippen LogP) is 3.07. The molecule has 2 aromatic heterocycles. The molecule has 0 radical (unpaired) electrons. The number of imidazole rings is 1. The first-order valence-electron chi connectivity index (χ1n) is 6.95. The van der Waals surface area contributed by atoms with Gasteiger partial charge in [-0.3, -0.25) is 0 Å². The third kappa shape index (κ3) is 2.61. The third-order valence-electron chi connectivity index (χ3n) is 3.23. The summed E-state index contributed by atoms with van der Waals surface area (Å²) in [6.45, 7) is 6.38. The maximum absolute atomic E-state index is 6.28. The van der Waals surface area contributed by atoms with Gasteiger partial charge in [0.1, 0.15) is 17.3 Å². The summed E-state index contributed by atoms with van der Waals surface area (Å²) in [5.74, 6) is 2.32. The van der Waals surface area contributed by atoms with Crippen molar-refractivity contribution in [1.82, 2.24) is 14.5 Å². The first-order chi connectivity index (χ1) is 9.58. The van der Waals surface area contributed by atoms with Gasteiger partial charge in [0, 0.05) is 30.3 Å². The summed E-state index contributed by atoms with van der Waals surface area (Å²) in [7, 11) is 1.60. The second kappa shape index (κ2) is 5.94. The van der Waals surface area contributed by atoms with E-state index in [0.717, 1.165) is 29.9 Å². The number of nitrogens with two attached hydrogens (primary N) is 1. The van der Waals surface area contributed by atoms with Crippen molar-refractivity contribution in [2.45, 2.75) is 39.7 Å². The molecule has 0 aromatic carbocycles. The number of methoxy groups -OCH3 is 1. The van der Waals surface area contributed by atoms with Gasteiger partial charge in [-0.05, 0) is 26.3 Å². The molecule has 0 fully saturated rings. The van der Waals surface area contributed by atoms with Gasteiger partial charge in [0.25, 0.3) is 0 Å². The maximum atomic E-state index is 6.28. The number of nitrogens with zero attached hydrogens (tertiary/aromatic N) is 3. The van der Waals surface area contributed by atoms with Crippen LogP contribution in [0.5, 0.6) is 5.88 Å². The Labute approximate surface area is 119 Å². The van der Waals surface area contributed by atoms with Gasteiger partial charge >= 0.3 is 0 Å². The van der Waals surface area contributed by atoms with Gasteiger partial charge in [0.05, 0.1) is 7.11 Å². The van der Waals surface area contributed by atoms with Gasteiger partial charge in [0.15, 0.2) is 0 Å². The van der Waals surface area contributed by atoms with E-state index in [0.29, 0.717) is 17.7 Å². The zero-order valence-electron chi connectivity index (χ0n) is 12.6. The molecule has 0 bridgehead atoms. The van der Waals surface area contributed by atoms with Crippen LogP contribution in [0.25, 0.3) is 11.3 Å². The van der Waals surface area contributed by atoms with Gasteiger partial charge in [-0.1, -0.05) is 6.92 Å². The van der Waals surface area contributed by atoms with Crippen LogP contribution in [0.3, 0.4) is 0 Å². The van der Waals surface area contributed by atoms with Crippen LogP contribution >= 0.6 is 0 Å². The molecule has 5 nitrogen and oxygen atoms in total. The number of hydrogen-bond donors (Lipinski definition) is 1. The maximum Gasteiger partial charge on any atom is 0.212 e. The lowest BCUT2D eigenvalue weighted by molar-refractivity contribution is 0.398. The Balaban J connectivity index is 2.47. The molecule has 0 aliphatic rings. The average Bonchev–Trinajstić information content (AvgIpc) is 2.76. The summed E-state index contributed by atoms with van der Waals surface area (Å²) in [5, 5.41) is 0. The van der Waals surface area contributed by atoms with Crippen LogP contribution in [0.2, 0.25) is 0 Å². The Bertz CT molecular complexity index is 572. The van der Waals surface area contributed by atoms with Crippen LogP contribution in [-0.2, 0) is 6.42 Å². The Morgan fingerprint density at radius 2 is 2.10 bits per heavy atom. The van der Waals surface area contributed by atoms with E-state index in [4.69, 9.17) is 15.5 Å². The van der Waals surface area contributed by atoms with Gasteiger partial charge < -0.3 is 15.0 Å². The van der Waals surface area contributed by atoms with Crippen molar-refractivity contribution in [2.24, 2.45) is 0 Å². The van der Waals surface area contributed by atoms with Crippen LogP contribution in [0.1, 0.15) is 39.1 Å². The lowest BCUT2D eigenvalue weighted by atomic mass is 10.2. The highest BCUT2D eigenvalue weighted by Crippen LogP contribution is 2.29. The van der Waals surface area contributed by atoms with Crippen molar-refractivity contribution in [3.05, 3.63) is 24.2 Å². The fourth-order valence-corrected chi connectivity index (χ4v) is 2.32. The summed E-state index contributed by atoms with van der Waals surface area (Å²) in [4.78, 5) is 8.92. The average molecular weight is 274 g/mol. The zero-order chi connectivity index (χ0) is 14.7. The minimum Gasteiger partial charge on any atom is -0.481 e. The largest absolute Gasteiger partial charge is 0.481 e. The number of aryl methyl sites for hydroxylation is 1. The van der Waals surface area contributed by atoms with Gasteiger partial charge in [0.2, 0.25) is 5.88 Å². The molecule has 0 atom stereocenters. The SMILES string of the molecule is CCCc1nc(-c2ccc(OC)nc2)c(N)n1C(C)C. The number of aromatic nitrogens is 3. The van der Waals surface area contributed by atoms with Crippen molar-refractivity contribution < 1.29 is 4.74 Å². The Morgan fingerprint density at radius 3 is 2.60 bits per heavy atom. The molecule has 0 amide bonds. The molecule has 2 heterocycles. The van der Waals surface area contributed by atoms with Crippen LogP contribution in [0.4, 0.5) is 5.82 Å². The number of anilines is 1. The molecule has 2 rings (SSSR count). The summed E-state index contributed by atoms with van der Waals surface area (Å²) in [6.07, 6.45) is 3.72. The molecule has 0 unspecified atom stereocenters. The van der Waals surface area contributed by atoms with E-state index in [-0.39, 0.29) is 0 Å². The van der Waals surface area contributed by atoms with Crippen LogP contribution < -0.4 is 10.5 Å². The van der Waals surface area contributed by atoms with E-state index in [2.05, 4.69) is 30.3 Å². The van der Waals surface area contributed by atoms with E-state index >= 15 is 0 Å². The van der Waals surface area contributed by atoms with Crippen molar-refractivity contribution in [3.8, 4) is 17.1 Å². The van der Waals surface area contributed by atoms with Crippen molar-refractivity contribution in [1.29, 1.82) is 0 Å². The highest BCUT2D eigenvalue weighted by Gasteiger charge is 2.17. The summed E-state index contributed by atoms with van der Waals surface area (Å²) in [5.41, 5.74) is 8.00. The second-order valence-electron chi connectivity index (χ2n) is 5.06. The van der Waals surface area contributed by atoms with Gasteiger partial charge in [-0.15, -0.1) is 0 Å². The topological polar surface area (TPSA) is 66.0 Å². The molecule has 0 saturated carbocycles. The normalized spacial score (nSPS) is 11.1. The lowest BCUT2D eigenvalue weighted by Crippen LogP contribution is -2.09. The fraction of sp³-hybridized carbons (Fsp3) is 0.467. The minimum absolute atomic E-state index is 0.295. The van der Waals surface area contributed by atoms with E-state index in [9.17, 15) is 0 Å². The molecule has 0 aliphatic carbocycles. The van der Waals surface area contributed by atoms with E-state index < -0.39 is 0 Å². The van der Waals surface area contributed by atoms with Crippen molar-refractivity contribution >= 4 is 5.82 Å². The van der Waals surface area contributed by atoms with E-state index in [1.54, 1.807) is 13.3 Å². The second-order valence-corrected chi connectivity index (χ2v) is 5.06. The van der Waals surface area contributed by atoms with Crippen LogP contribution in [-0.4, -0.2) is 21.6 Å². The Hall–Kier alpha value is -2.04. The summed E-state index contributed by atoms with van der Waals surface area (Å²) >= 11 is 0. The van der Waals surface area contributed by atoms with Crippen LogP contribution in [0, 0.1) is 0 Å². The van der Waals surface area contributed by atoms with E-state index in [1.807, 2.05) is 12.1 Å². The molecule has 0 aliphatic heterocycles. The van der Waals surface area contributed by atoms with Crippen molar-refractivity contribution in [3.63, 3.8) is 0 Å². The molecule has 5 heteroatoms. The highest BCUT2D eigenvalue weighted by molar-refractivity contribution is 5.70. The zero-order valence-corrected chi connectivity index (χ0v) is 12.6. The number of pyridine rings is 1. The molecule has 20 heavy (non-hydrogen) atoms. The third-order valence-corrected chi connectivity index (χ3v) is 3.23.